The molecule has 1 atom stereocenters. The van der Waals surface area contributed by atoms with Crippen LogP contribution in [0, 0.1) is 23.2 Å². The fourth-order valence-corrected chi connectivity index (χ4v) is 6.31. The molecule has 136 valence electrons. The Morgan fingerprint density at radius 1 is 1.28 bits per heavy atom. The largest absolute Gasteiger partial charge is 0.477 e. The third-order valence-corrected chi connectivity index (χ3v) is 6.80. The number of aromatic nitrogens is 2. The molecule has 4 aliphatic rings. The topological polar surface area (TPSA) is 84.2 Å². The second kappa shape index (κ2) is 6.15. The van der Waals surface area contributed by atoms with E-state index in [2.05, 4.69) is 17.3 Å². The van der Waals surface area contributed by atoms with Gasteiger partial charge in [-0.25, -0.2) is 9.48 Å². The van der Waals surface area contributed by atoms with Crippen LogP contribution in [0.1, 0.15) is 62.4 Å². The molecule has 0 aromatic carbocycles. The first-order chi connectivity index (χ1) is 12.0. The number of nitrogens with zero attached hydrogens (tertiary/aromatic N) is 2. The van der Waals surface area contributed by atoms with Crippen molar-refractivity contribution in [3.8, 4) is 0 Å². The lowest BCUT2D eigenvalue weighted by Crippen LogP contribution is -2.57. The highest BCUT2D eigenvalue weighted by Gasteiger charge is 2.53. The Hall–Kier alpha value is -1.85. The summed E-state index contributed by atoms with van der Waals surface area (Å²) in [7, 11) is 0. The Kier molecular flexibility index (Phi) is 4.08. The van der Waals surface area contributed by atoms with Gasteiger partial charge in [-0.05, 0) is 74.2 Å². The number of amides is 1. The summed E-state index contributed by atoms with van der Waals surface area (Å²) in [6.45, 7) is 2.12. The van der Waals surface area contributed by atoms with Crippen molar-refractivity contribution in [3.05, 3.63) is 18.0 Å². The normalized spacial score (nSPS) is 34.0. The molecule has 4 aliphatic carbocycles. The van der Waals surface area contributed by atoms with Gasteiger partial charge in [0.15, 0.2) is 0 Å². The first-order valence-corrected chi connectivity index (χ1v) is 9.53. The van der Waals surface area contributed by atoms with E-state index in [1.165, 1.54) is 55.5 Å². The number of nitrogens with one attached hydrogen (secondary N) is 1. The average Bonchev–Trinajstić information content (AvgIpc) is 2.99. The summed E-state index contributed by atoms with van der Waals surface area (Å²) >= 11 is 0. The molecule has 1 heterocycles. The Morgan fingerprint density at radius 2 is 1.88 bits per heavy atom. The van der Waals surface area contributed by atoms with E-state index in [0.29, 0.717) is 0 Å². The van der Waals surface area contributed by atoms with Gasteiger partial charge in [0, 0.05) is 12.2 Å². The molecular weight excluding hydrogens is 318 g/mol. The number of aromatic carboxylic acids is 1. The second-order valence-electron chi connectivity index (χ2n) is 8.49. The monoisotopic (exact) mass is 345 g/mol. The van der Waals surface area contributed by atoms with Crippen molar-refractivity contribution in [3.63, 3.8) is 0 Å². The standard InChI is InChI=1S/C19H27N3O3/c1-2-16(19-8-12-5-13(9-19)7-14(6-12)10-19)21-17(23)11-22-15(18(24)25)3-4-20-22/h3-4,12-14,16H,2,5-11H2,1H3,(H,21,23)(H,24,25). The predicted octanol–water partition coefficient (Wildman–Crippen LogP) is 2.69. The van der Waals surface area contributed by atoms with Crippen molar-refractivity contribution in [1.29, 1.82) is 0 Å². The van der Waals surface area contributed by atoms with Crippen LogP contribution < -0.4 is 5.32 Å². The van der Waals surface area contributed by atoms with Gasteiger partial charge in [-0.1, -0.05) is 6.92 Å². The molecule has 0 radical (unpaired) electrons. The van der Waals surface area contributed by atoms with Crippen molar-refractivity contribution in [2.45, 2.75) is 64.5 Å². The van der Waals surface area contributed by atoms with E-state index < -0.39 is 5.97 Å². The van der Waals surface area contributed by atoms with E-state index in [9.17, 15) is 9.59 Å². The number of carbonyl (C=O) groups is 2. The molecule has 6 nitrogen and oxygen atoms in total. The Morgan fingerprint density at radius 3 is 2.40 bits per heavy atom. The fourth-order valence-electron chi connectivity index (χ4n) is 6.31. The second-order valence-corrected chi connectivity index (χ2v) is 8.49. The lowest BCUT2D eigenvalue weighted by atomic mass is 9.47. The lowest BCUT2D eigenvalue weighted by Gasteiger charge is -2.59. The van der Waals surface area contributed by atoms with Crippen LogP contribution >= 0.6 is 0 Å². The molecule has 1 aromatic heterocycles. The minimum Gasteiger partial charge on any atom is -0.477 e. The van der Waals surface area contributed by atoms with Crippen LogP contribution in [0.15, 0.2) is 12.3 Å². The summed E-state index contributed by atoms with van der Waals surface area (Å²) in [4.78, 5) is 23.8. The number of carboxylic acids is 1. The van der Waals surface area contributed by atoms with Gasteiger partial charge in [-0.2, -0.15) is 5.10 Å². The van der Waals surface area contributed by atoms with E-state index in [4.69, 9.17) is 5.11 Å². The van der Waals surface area contributed by atoms with Gasteiger partial charge < -0.3 is 10.4 Å². The molecule has 6 heteroatoms. The summed E-state index contributed by atoms with van der Waals surface area (Å²) in [6, 6.07) is 1.61. The molecule has 0 spiro atoms. The zero-order chi connectivity index (χ0) is 17.6. The SMILES string of the molecule is CCC(NC(=O)Cn1nccc1C(=O)O)C12CC3CC(CC(C3)C1)C2. The first-order valence-electron chi connectivity index (χ1n) is 9.53. The zero-order valence-electron chi connectivity index (χ0n) is 14.8. The summed E-state index contributed by atoms with van der Waals surface area (Å²) < 4.78 is 1.27. The Labute approximate surface area is 148 Å². The maximum absolute atomic E-state index is 12.6. The van der Waals surface area contributed by atoms with Crippen LogP contribution in [0.3, 0.4) is 0 Å². The fraction of sp³-hybridized carbons (Fsp3) is 0.737. The number of hydrogen-bond acceptors (Lipinski definition) is 3. The summed E-state index contributed by atoms with van der Waals surface area (Å²) in [5.74, 6) is 1.36. The highest BCUT2D eigenvalue weighted by atomic mass is 16.4. The smallest absolute Gasteiger partial charge is 0.354 e. The molecule has 1 amide bonds. The zero-order valence-corrected chi connectivity index (χ0v) is 14.8. The van der Waals surface area contributed by atoms with Gasteiger partial charge >= 0.3 is 5.97 Å². The summed E-state index contributed by atoms with van der Waals surface area (Å²) in [5.41, 5.74) is 0.317. The van der Waals surface area contributed by atoms with E-state index in [-0.39, 0.29) is 29.6 Å². The lowest BCUT2D eigenvalue weighted by molar-refractivity contribution is -0.127. The molecule has 0 saturated heterocycles. The van der Waals surface area contributed by atoms with Gasteiger partial charge in [-0.15, -0.1) is 0 Å². The maximum atomic E-state index is 12.6. The van der Waals surface area contributed by atoms with Crippen LogP contribution in [0.5, 0.6) is 0 Å². The first kappa shape index (κ1) is 16.6. The molecule has 5 rings (SSSR count). The molecule has 1 aromatic rings. The van der Waals surface area contributed by atoms with Crippen LogP contribution in [0.4, 0.5) is 0 Å². The van der Waals surface area contributed by atoms with Gasteiger partial charge in [0.05, 0.1) is 0 Å². The maximum Gasteiger partial charge on any atom is 0.354 e. The van der Waals surface area contributed by atoms with Crippen LogP contribution in [-0.2, 0) is 11.3 Å². The third-order valence-electron chi connectivity index (χ3n) is 6.80. The highest BCUT2D eigenvalue weighted by molar-refractivity contribution is 5.86. The van der Waals surface area contributed by atoms with Crippen molar-refractivity contribution < 1.29 is 14.7 Å². The number of carbonyl (C=O) groups excluding carboxylic acids is 1. The van der Waals surface area contributed by atoms with Gasteiger partial charge in [0.1, 0.15) is 12.2 Å². The van der Waals surface area contributed by atoms with Crippen LogP contribution in [0.25, 0.3) is 0 Å². The summed E-state index contributed by atoms with van der Waals surface area (Å²) in [5, 5.41) is 16.4. The molecule has 0 aliphatic heterocycles. The van der Waals surface area contributed by atoms with Gasteiger partial charge in [0.25, 0.3) is 0 Å². The van der Waals surface area contributed by atoms with Gasteiger partial charge in [-0.3, -0.25) is 4.79 Å². The minimum atomic E-state index is -1.06. The van der Waals surface area contributed by atoms with Gasteiger partial charge in [0.2, 0.25) is 5.91 Å². The summed E-state index contributed by atoms with van der Waals surface area (Å²) in [6.07, 6.45) is 10.3. The molecule has 4 saturated carbocycles. The number of hydrogen-bond donors (Lipinski definition) is 2. The number of carboxylic acid groups (broad SMARTS) is 1. The Balaban J connectivity index is 1.46. The van der Waals surface area contributed by atoms with Crippen molar-refractivity contribution in [2.75, 3.05) is 0 Å². The van der Waals surface area contributed by atoms with Crippen LogP contribution in [0.2, 0.25) is 0 Å². The molecule has 1 unspecified atom stereocenters. The third kappa shape index (κ3) is 2.96. The van der Waals surface area contributed by atoms with E-state index in [1.807, 2.05) is 0 Å². The van der Waals surface area contributed by atoms with Crippen molar-refractivity contribution >= 4 is 11.9 Å². The van der Waals surface area contributed by atoms with Crippen molar-refractivity contribution in [1.82, 2.24) is 15.1 Å². The Bertz CT molecular complexity index is 646. The quantitative estimate of drug-likeness (QED) is 0.830. The van der Waals surface area contributed by atoms with Crippen molar-refractivity contribution in [2.24, 2.45) is 23.2 Å². The molecule has 25 heavy (non-hydrogen) atoms. The highest BCUT2D eigenvalue weighted by Crippen LogP contribution is 2.61. The molecule has 4 bridgehead atoms. The molecule has 4 fully saturated rings. The average molecular weight is 345 g/mol. The number of rotatable bonds is 6. The van der Waals surface area contributed by atoms with Crippen LogP contribution in [-0.4, -0.2) is 32.8 Å². The molecule has 2 N–H and O–H groups in total. The van der Waals surface area contributed by atoms with E-state index >= 15 is 0 Å². The minimum absolute atomic E-state index is 0.0303. The van der Waals surface area contributed by atoms with E-state index in [1.54, 1.807) is 0 Å². The molecular formula is C19H27N3O3. The van der Waals surface area contributed by atoms with E-state index in [0.717, 1.165) is 24.2 Å². The predicted molar refractivity (Wildman–Crippen MR) is 92.0 cm³/mol.